The number of fused-ring (bicyclic) bond motifs is 1. The first-order valence-corrected chi connectivity index (χ1v) is 11.3. The van der Waals surface area contributed by atoms with Gasteiger partial charge in [0.05, 0.1) is 22.0 Å². The Morgan fingerprint density at radius 1 is 1.26 bits per heavy atom. The average molecular weight is 439 g/mol. The van der Waals surface area contributed by atoms with Gasteiger partial charge >= 0.3 is 0 Å². The topological polar surface area (TPSA) is 137 Å². The van der Waals surface area contributed by atoms with Crippen molar-refractivity contribution in [3.05, 3.63) is 53.9 Å². The molecule has 3 N–H and O–H groups in total. The highest BCUT2D eigenvalue weighted by Gasteiger charge is 2.21. The van der Waals surface area contributed by atoms with Gasteiger partial charge < -0.3 is 15.0 Å². The second-order valence-electron chi connectivity index (χ2n) is 7.14. The number of nitrogens with zero attached hydrogens (tertiary/aromatic N) is 2. The number of nitrogens with one attached hydrogen (secondary N) is 3. The quantitative estimate of drug-likeness (QED) is 0.484. The number of sulfonamides is 1. The second kappa shape index (κ2) is 8.85. The van der Waals surface area contributed by atoms with Crippen LogP contribution in [0.5, 0.6) is 0 Å². The Balaban J connectivity index is 1.45. The van der Waals surface area contributed by atoms with Crippen molar-refractivity contribution >= 4 is 32.7 Å². The van der Waals surface area contributed by atoms with E-state index < -0.39 is 10.0 Å². The number of nitriles is 1. The molecule has 0 spiro atoms. The van der Waals surface area contributed by atoms with Gasteiger partial charge in [0.1, 0.15) is 11.9 Å². The van der Waals surface area contributed by atoms with Crippen LogP contribution in [-0.4, -0.2) is 37.4 Å². The van der Waals surface area contributed by atoms with Gasteiger partial charge in [-0.2, -0.15) is 5.26 Å². The van der Waals surface area contributed by atoms with Crippen molar-refractivity contribution in [2.24, 2.45) is 0 Å². The molecule has 1 amide bonds. The number of amides is 1. The first-order chi connectivity index (χ1) is 15.0. The molecule has 1 aliphatic rings. The summed E-state index contributed by atoms with van der Waals surface area (Å²) in [6.07, 6.45) is 2.01. The van der Waals surface area contributed by atoms with E-state index in [-0.39, 0.29) is 29.9 Å². The van der Waals surface area contributed by atoms with Crippen LogP contribution < -0.4 is 10.0 Å². The van der Waals surface area contributed by atoms with Gasteiger partial charge in [0.15, 0.2) is 0 Å². The molecule has 1 saturated heterocycles. The normalized spacial score (nSPS) is 16.3. The third-order valence-corrected chi connectivity index (χ3v) is 6.43. The first-order valence-electron chi connectivity index (χ1n) is 9.85. The van der Waals surface area contributed by atoms with Gasteiger partial charge in [0.25, 0.3) is 5.91 Å². The number of aromatic amines is 1. The molecular weight excluding hydrogens is 418 g/mol. The lowest BCUT2D eigenvalue weighted by Crippen LogP contribution is -2.24. The van der Waals surface area contributed by atoms with E-state index in [1.807, 2.05) is 12.1 Å². The van der Waals surface area contributed by atoms with Gasteiger partial charge in [-0.25, -0.2) is 18.1 Å². The molecule has 0 saturated carbocycles. The molecule has 4 rings (SSSR count). The molecule has 2 aromatic carbocycles. The molecule has 160 valence electrons. The van der Waals surface area contributed by atoms with Crippen LogP contribution >= 0.6 is 0 Å². The first kappa shape index (κ1) is 21.0. The summed E-state index contributed by atoms with van der Waals surface area (Å²) < 4.78 is 32.3. The molecule has 10 heteroatoms. The molecule has 1 unspecified atom stereocenters. The van der Waals surface area contributed by atoms with E-state index in [1.165, 1.54) is 24.3 Å². The van der Waals surface area contributed by atoms with Gasteiger partial charge in [-0.3, -0.25) is 4.79 Å². The number of hydrogen-bond acceptors (Lipinski definition) is 6. The van der Waals surface area contributed by atoms with Crippen molar-refractivity contribution < 1.29 is 17.9 Å². The highest BCUT2D eigenvalue weighted by Crippen LogP contribution is 2.28. The van der Waals surface area contributed by atoms with Gasteiger partial charge in [0.2, 0.25) is 10.0 Å². The summed E-state index contributed by atoms with van der Waals surface area (Å²) in [7, 11) is -3.72. The summed E-state index contributed by atoms with van der Waals surface area (Å²) in [6.45, 7) is 0.769. The highest BCUT2D eigenvalue weighted by atomic mass is 32.2. The third-order valence-electron chi connectivity index (χ3n) is 4.95. The van der Waals surface area contributed by atoms with Crippen LogP contribution in [0.4, 0.5) is 5.69 Å². The summed E-state index contributed by atoms with van der Waals surface area (Å²) in [5.41, 5.74) is 2.51. The Labute approximate surface area is 179 Å². The number of aromatic nitrogens is 2. The summed E-state index contributed by atoms with van der Waals surface area (Å²) >= 11 is 0. The number of imidazole rings is 1. The monoisotopic (exact) mass is 439 g/mol. The fourth-order valence-electron chi connectivity index (χ4n) is 3.37. The minimum atomic E-state index is -3.72. The van der Waals surface area contributed by atoms with Crippen LogP contribution in [0.1, 0.15) is 41.5 Å². The molecule has 0 aliphatic carbocycles. The molecule has 2 heterocycles. The molecule has 31 heavy (non-hydrogen) atoms. The summed E-state index contributed by atoms with van der Waals surface area (Å²) in [5.74, 6) is 0.427. The number of benzene rings is 2. The van der Waals surface area contributed by atoms with Gasteiger partial charge in [0, 0.05) is 30.8 Å². The molecule has 3 aromatic rings. The Bertz CT molecular complexity index is 1240. The molecule has 1 fully saturated rings. The van der Waals surface area contributed by atoms with Crippen LogP contribution in [0.25, 0.3) is 11.0 Å². The van der Waals surface area contributed by atoms with Gasteiger partial charge in [-0.15, -0.1) is 0 Å². The molecule has 0 radical (unpaired) electrons. The molecule has 1 atom stereocenters. The van der Waals surface area contributed by atoms with Crippen LogP contribution in [-0.2, 0) is 14.8 Å². The van der Waals surface area contributed by atoms with Gasteiger partial charge in [-0.05, 0) is 55.3 Å². The van der Waals surface area contributed by atoms with E-state index in [9.17, 15) is 13.2 Å². The minimum absolute atomic E-state index is 0.0189. The third kappa shape index (κ3) is 4.74. The van der Waals surface area contributed by atoms with Crippen LogP contribution in [0.15, 0.2) is 47.4 Å². The number of H-pyrrole nitrogens is 1. The molecule has 1 aliphatic heterocycles. The van der Waals surface area contributed by atoms with E-state index >= 15 is 0 Å². The Morgan fingerprint density at radius 2 is 2.06 bits per heavy atom. The molecular formula is C21H21N5O4S. The van der Waals surface area contributed by atoms with Crippen molar-refractivity contribution in [3.8, 4) is 6.07 Å². The smallest absolute Gasteiger partial charge is 0.255 e. The maximum atomic E-state index is 12.6. The lowest BCUT2D eigenvalue weighted by molar-refractivity contribution is 0.102. The predicted octanol–water partition coefficient (Wildman–Crippen LogP) is 2.86. The van der Waals surface area contributed by atoms with E-state index in [1.54, 1.807) is 12.1 Å². The zero-order valence-electron chi connectivity index (χ0n) is 16.6. The number of carbonyl (C=O) groups is 1. The maximum absolute atomic E-state index is 12.6. The van der Waals surface area contributed by atoms with E-state index in [0.717, 1.165) is 36.3 Å². The number of anilines is 1. The largest absolute Gasteiger partial charge is 0.370 e. The van der Waals surface area contributed by atoms with E-state index in [2.05, 4.69) is 20.0 Å². The second-order valence-corrected chi connectivity index (χ2v) is 8.91. The summed E-state index contributed by atoms with van der Waals surface area (Å²) in [6, 6.07) is 12.9. The van der Waals surface area contributed by atoms with E-state index in [0.29, 0.717) is 11.3 Å². The van der Waals surface area contributed by atoms with Crippen molar-refractivity contribution in [2.45, 2.75) is 30.3 Å². The van der Waals surface area contributed by atoms with Gasteiger partial charge in [-0.1, -0.05) is 0 Å². The fourth-order valence-corrected chi connectivity index (χ4v) is 4.40. The lowest BCUT2D eigenvalue weighted by Gasteiger charge is -2.08. The molecule has 0 bridgehead atoms. The fraction of sp³-hybridized carbons (Fsp3) is 0.286. The summed E-state index contributed by atoms with van der Waals surface area (Å²) in [4.78, 5) is 20.4. The minimum Gasteiger partial charge on any atom is -0.370 e. The Hall–Kier alpha value is -3.26. The van der Waals surface area contributed by atoms with Crippen molar-refractivity contribution in [2.75, 3.05) is 18.5 Å². The predicted molar refractivity (Wildman–Crippen MR) is 114 cm³/mol. The summed E-state index contributed by atoms with van der Waals surface area (Å²) in [5, 5.41) is 11.3. The van der Waals surface area contributed by atoms with Crippen molar-refractivity contribution in [1.29, 1.82) is 5.26 Å². The Morgan fingerprint density at radius 3 is 2.77 bits per heavy atom. The highest BCUT2D eigenvalue weighted by molar-refractivity contribution is 7.89. The van der Waals surface area contributed by atoms with Crippen LogP contribution in [0.2, 0.25) is 0 Å². The standard InChI is InChI=1S/C21H21N5O4S/c22-10-2-11-23-31(28,29)16-7-4-14(5-8-16)21(27)24-15-6-9-17-18(13-15)26-20(25-17)19-3-1-12-30-19/h4-9,13,19,23H,1-3,11-12H2,(H,24,27)(H,25,26). The van der Waals surface area contributed by atoms with Crippen molar-refractivity contribution in [1.82, 2.24) is 14.7 Å². The molecule has 1 aromatic heterocycles. The number of ether oxygens (including phenoxy) is 1. The zero-order valence-corrected chi connectivity index (χ0v) is 17.4. The van der Waals surface area contributed by atoms with Crippen LogP contribution in [0.3, 0.4) is 0 Å². The number of rotatable bonds is 7. The van der Waals surface area contributed by atoms with Crippen molar-refractivity contribution in [3.63, 3.8) is 0 Å². The SMILES string of the molecule is N#CCCNS(=O)(=O)c1ccc(C(=O)Nc2ccc3nc(C4CCCO4)[nH]c3c2)cc1. The van der Waals surface area contributed by atoms with Crippen LogP contribution in [0, 0.1) is 11.3 Å². The van der Waals surface area contributed by atoms with E-state index in [4.69, 9.17) is 10.00 Å². The lowest BCUT2D eigenvalue weighted by atomic mass is 10.2. The average Bonchev–Trinajstić information content (AvgIpc) is 3.43. The zero-order chi connectivity index (χ0) is 21.8. The molecule has 9 nitrogen and oxygen atoms in total. The number of hydrogen-bond donors (Lipinski definition) is 3. The Kier molecular flexibility index (Phi) is 5.99. The number of carbonyl (C=O) groups excluding carboxylic acids is 1. The maximum Gasteiger partial charge on any atom is 0.255 e.